The second-order valence-electron chi connectivity index (χ2n) is 8.15. The smallest absolute Gasteiger partial charge is 0.261 e. The lowest BCUT2D eigenvalue weighted by molar-refractivity contribution is -0.130. The molecule has 1 aromatic rings. The molecule has 0 spiro atoms. The van der Waals surface area contributed by atoms with Gasteiger partial charge in [-0.3, -0.25) is 14.4 Å². The summed E-state index contributed by atoms with van der Waals surface area (Å²) in [6.07, 6.45) is 1.61. The van der Waals surface area contributed by atoms with Gasteiger partial charge in [0.15, 0.2) is 0 Å². The molecule has 0 aliphatic carbocycles. The van der Waals surface area contributed by atoms with Crippen LogP contribution in [-0.4, -0.2) is 73.5 Å². The summed E-state index contributed by atoms with van der Waals surface area (Å²) < 4.78 is 10.7. The summed E-state index contributed by atoms with van der Waals surface area (Å²) in [6.45, 7) is 5.47. The molecule has 8 heteroatoms. The molecule has 8 nitrogen and oxygen atoms in total. The van der Waals surface area contributed by atoms with E-state index in [-0.39, 0.29) is 42.1 Å². The zero-order valence-corrected chi connectivity index (χ0v) is 18.1. The van der Waals surface area contributed by atoms with E-state index >= 15 is 0 Å². The second-order valence-corrected chi connectivity index (χ2v) is 8.15. The Kier molecular flexibility index (Phi) is 6.84. The van der Waals surface area contributed by atoms with Crippen molar-refractivity contribution in [1.82, 2.24) is 15.1 Å². The molecule has 1 atom stereocenters. The van der Waals surface area contributed by atoms with E-state index in [1.807, 2.05) is 13.8 Å². The molecule has 1 N–H and O–H groups in total. The molecule has 3 amide bonds. The Morgan fingerprint density at radius 2 is 1.70 bits per heavy atom. The summed E-state index contributed by atoms with van der Waals surface area (Å²) in [5.74, 6) is 0.505. The van der Waals surface area contributed by atoms with Gasteiger partial charge in [0.2, 0.25) is 11.8 Å². The molecule has 0 saturated carbocycles. The minimum Gasteiger partial charge on any atom is -0.496 e. The fraction of sp³-hybridized carbons (Fsp3) is 0.591. The molecule has 0 radical (unpaired) electrons. The van der Waals surface area contributed by atoms with E-state index in [2.05, 4.69) is 5.32 Å². The summed E-state index contributed by atoms with van der Waals surface area (Å²) in [4.78, 5) is 41.3. The van der Waals surface area contributed by atoms with Crippen LogP contribution in [-0.2, 0) is 9.59 Å². The fourth-order valence-electron chi connectivity index (χ4n) is 4.17. The maximum atomic E-state index is 13.1. The third-order valence-corrected chi connectivity index (χ3v) is 5.92. The second kappa shape index (κ2) is 9.36. The zero-order valence-electron chi connectivity index (χ0n) is 18.1. The van der Waals surface area contributed by atoms with Crippen molar-refractivity contribution in [2.24, 2.45) is 5.92 Å². The minimum absolute atomic E-state index is 0.00400. The average molecular weight is 418 g/mol. The number of piperidine rings is 1. The third kappa shape index (κ3) is 4.52. The largest absolute Gasteiger partial charge is 0.496 e. The lowest BCUT2D eigenvalue weighted by Gasteiger charge is -2.33. The fourth-order valence-corrected chi connectivity index (χ4v) is 4.17. The Balaban J connectivity index is 1.56. The lowest BCUT2D eigenvalue weighted by atomic mass is 10.0. The van der Waals surface area contributed by atoms with Crippen molar-refractivity contribution in [2.45, 2.75) is 45.2 Å². The van der Waals surface area contributed by atoms with Gasteiger partial charge in [-0.15, -0.1) is 0 Å². The number of carbonyl (C=O) groups excluding carboxylic acids is 3. The first-order valence-corrected chi connectivity index (χ1v) is 10.5. The van der Waals surface area contributed by atoms with Gasteiger partial charge in [0, 0.05) is 38.1 Å². The number of ether oxygens (including phenoxy) is 2. The molecule has 1 aromatic carbocycles. The molecule has 30 heavy (non-hydrogen) atoms. The first-order valence-electron chi connectivity index (χ1n) is 10.5. The Labute approximate surface area is 177 Å². The number of rotatable bonds is 6. The average Bonchev–Trinajstić information content (AvgIpc) is 3.15. The highest BCUT2D eigenvalue weighted by Crippen LogP contribution is 2.30. The molecule has 2 saturated heterocycles. The SMILES string of the molecule is COc1cccc(OC)c1C(=O)N1CCC(NC(=O)C2CC(=O)N(C(C)C)C2)CC1. The summed E-state index contributed by atoms with van der Waals surface area (Å²) in [5.41, 5.74) is 0.420. The quantitative estimate of drug-likeness (QED) is 0.761. The van der Waals surface area contributed by atoms with Crippen LogP contribution in [0.15, 0.2) is 18.2 Å². The van der Waals surface area contributed by atoms with Gasteiger partial charge in [0.05, 0.1) is 20.1 Å². The van der Waals surface area contributed by atoms with Crippen molar-refractivity contribution in [3.8, 4) is 11.5 Å². The van der Waals surface area contributed by atoms with Crippen molar-refractivity contribution in [1.29, 1.82) is 0 Å². The van der Waals surface area contributed by atoms with Crippen molar-refractivity contribution >= 4 is 17.7 Å². The first kappa shape index (κ1) is 21.9. The van der Waals surface area contributed by atoms with Crippen LogP contribution < -0.4 is 14.8 Å². The summed E-state index contributed by atoms with van der Waals surface area (Å²) >= 11 is 0. The van der Waals surface area contributed by atoms with Gasteiger partial charge >= 0.3 is 0 Å². The van der Waals surface area contributed by atoms with Crippen LogP contribution in [0.25, 0.3) is 0 Å². The molecule has 2 aliphatic rings. The van der Waals surface area contributed by atoms with Crippen molar-refractivity contribution in [2.75, 3.05) is 33.9 Å². The summed E-state index contributed by atoms with van der Waals surface area (Å²) in [6, 6.07) is 5.38. The molecule has 1 unspecified atom stereocenters. The van der Waals surface area contributed by atoms with Crippen molar-refractivity contribution < 1.29 is 23.9 Å². The molecule has 0 aromatic heterocycles. The maximum Gasteiger partial charge on any atom is 0.261 e. The number of carbonyl (C=O) groups is 3. The third-order valence-electron chi connectivity index (χ3n) is 5.92. The molecule has 164 valence electrons. The molecule has 3 rings (SSSR count). The normalized spacial score (nSPS) is 19.9. The van der Waals surface area contributed by atoms with E-state index in [4.69, 9.17) is 9.47 Å². The van der Waals surface area contributed by atoms with Crippen LogP contribution in [0.5, 0.6) is 11.5 Å². The number of nitrogens with zero attached hydrogens (tertiary/aromatic N) is 2. The molecular formula is C22H31N3O5. The van der Waals surface area contributed by atoms with Gasteiger partial charge in [-0.2, -0.15) is 0 Å². The van der Waals surface area contributed by atoms with Gasteiger partial charge in [-0.05, 0) is 38.8 Å². The Morgan fingerprint density at radius 1 is 1.10 bits per heavy atom. The molecule has 0 bridgehead atoms. The van der Waals surface area contributed by atoms with Crippen LogP contribution in [0, 0.1) is 5.92 Å². The van der Waals surface area contributed by atoms with Gasteiger partial charge in [-0.1, -0.05) is 6.07 Å². The summed E-state index contributed by atoms with van der Waals surface area (Å²) in [7, 11) is 3.06. The van der Waals surface area contributed by atoms with E-state index in [1.165, 1.54) is 14.2 Å². The maximum absolute atomic E-state index is 13.1. The van der Waals surface area contributed by atoms with Crippen LogP contribution in [0.2, 0.25) is 0 Å². The highest BCUT2D eigenvalue weighted by molar-refractivity contribution is 5.99. The van der Waals surface area contributed by atoms with Gasteiger partial charge in [-0.25, -0.2) is 0 Å². The Hall–Kier alpha value is -2.77. The van der Waals surface area contributed by atoms with Crippen LogP contribution in [0.1, 0.15) is 43.5 Å². The molecular weight excluding hydrogens is 386 g/mol. The number of hydrogen-bond donors (Lipinski definition) is 1. The van der Waals surface area contributed by atoms with Crippen molar-refractivity contribution in [3.63, 3.8) is 0 Å². The Bertz CT molecular complexity index is 780. The van der Waals surface area contributed by atoms with Crippen molar-refractivity contribution in [3.05, 3.63) is 23.8 Å². The monoisotopic (exact) mass is 417 g/mol. The lowest BCUT2D eigenvalue weighted by Crippen LogP contribution is -2.48. The van der Waals surface area contributed by atoms with E-state index < -0.39 is 0 Å². The standard InChI is InChI=1S/C22H31N3O5/c1-14(2)25-13-15(12-19(25)26)21(27)23-16-8-10-24(11-9-16)22(28)20-17(29-3)6-5-7-18(20)30-4/h5-7,14-16H,8-13H2,1-4H3,(H,23,27). The van der Waals surface area contributed by atoms with Gasteiger partial charge < -0.3 is 24.6 Å². The van der Waals surface area contributed by atoms with Crippen LogP contribution in [0.4, 0.5) is 0 Å². The highest BCUT2D eigenvalue weighted by atomic mass is 16.5. The van der Waals surface area contributed by atoms with E-state index in [0.29, 0.717) is 49.5 Å². The van der Waals surface area contributed by atoms with Gasteiger partial charge in [0.25, 0.3) is 5.91 Å². The molecule has 2 fully saturated rings. The van der Waals surface area contributed by atoms with Gasteiger partial charge in [0.1, 0.15) is 17.1 Å². The number of nitrogens with one attached hydrogen (secondary N) is 1. The molecule has 2 aliphatic heterocycles. The summed E-state index contributed by atoms with van der Waals surface area (Å²) in [5, 5.41) is 3.08. The predicted octanol–water partition coefficient (Wildman–Crippen LogP) is 1.68. The van der Waals surface area contributed by atoms with Crippen LogP contribution in [0.3, 0.4) is 0 Å². The highest BCUT2D eigenvalue weighted by Gasteiger charge is 2.36. The van der Waals surface area contributed by atoms with Crippen LogP contribution >= 0.6 is 0 Å². The number of benzene rings is 1. The first-order chi connectivity index (χ1) is 14.3. The topological polar surface area (TPSA) is 88.2 Å². The zero-order chi connectivity index (χ0) is 21.8. The number of hydrogen-bond acceptors (Lipinski definition) is 5. The minimum atomic E-state index is -0.294. The number of methoxy groups -OCH3 is 2. The number of amides is 3. The predicted molar refractivity (Wildman–Crippen MR) is 112 cm³/mol. The molecule has 2 heterocycles. The number of likely N-dealkylation sites (tertiary alicyclic amines) is 2. The Morgan fingerprint density at radius 3 is 2.20 bits per heavy atom. The van der Waals surface area contributed by atoms with E-state index in [0.717, 1.165) is 0 Å². The van der Waals surface area contributed by atoms with E-state index in [1.54, 1.807) is 28.0 Å². The van der Waals surface area contributed by atoms with E-state index in [9.17, 15) is 14.4 Å².